The van der Waals surface area contributed by atoms with Crippen LogP contribution in [0, 0.1) is 13.8 Å². The summed E-state index contributed by atoms with van der Waals surface area (Å²) in [4.78, 5) is 32.3. The third-order valence-corrected chi connectivity index (χ3v) is 7.16. The highest BCUT2D eigenvalue weighted by Gasteiger charge is 2.18. The normalized spacial score (nSPS) is 11.2. The first-order valence-electron chi connectivity index (χ1n) is 9.91. The lowest BCUT2D eigenvalue weighted by Crippen LogP contribution is -2.29. The minimum atomic E-state index is -0.107. The van der Waals surface area contributed by atoms with E-state index in [1.807, 2.05) is 38.1 Å². The van der Waals surface area contributed by atoms with Gasteiger partial charge in [0.25, 0.3) is 5.56 Å². The number of thiophene rings is 1. The average Bonchev–Trinajstić information content (AvgIpc) is 3.06. The summed E-state index contributed by atoms with van der Waals surface area (Å²) in [7, 11) is 1.59. The Labute approximate surface area is 184 Å². The monoisotopic (exact) mass is 445 g/mol. The van der Waals surface area contributed by atoms with Crippen LogP contribution < -0.4 is 10.9 Å². The first kappa shape index (κ1) is 22.5. The first-order chi connectivity index (χ1) is 14.4. The molecule has 0 fully saturated rings. The Balaban J connectivity index is 1.96. The van der Waals surface area contributed by atoms with Crippen LogP contribution in [0.15, 0.2) is 34.2 Å². The van der Waals surface area contributed by atoms with Gasteiger partial charge in [0.05, 0.1) is 24.3 Å². The molecule has 0 aliphatic rings. The molecule has 0 bridgehead atoms. The summed E-state index contributed by atoms with van der Waals surface area (Å²) in [5.74, 6) is 0.0884. The fraction of sp³-hybridized carbons (Fsp3) is 0.409. The number of aryl methyl sites for hydroxylation is 3. The van der Waals surface area contributed by atoms with Crippen LogP contribution in [0.4, 0.5) is 0 Å². The number of ether oxygens (including phenoxy) is 1. The van der Waals surface area contributed by atoms with E-state index in [-0.39, 0.29) is 17.2 Å². The van der Waals surface area contributed by atoms with Crippen molar-refractivity contribution < 1.29 is 9.53 Å². The number of hydrogen-bond acceptors (Lipinski definition) is 6. The molecule has 0 saturated heterocycles. The van der Waals surface area contributed by atoms with Gasteiger partial charge < -0.3 is 10.1 Å². The van der Waals surface area contributed by atoms with Crippen LogP contribution in [-0.2, 0) is 22.5 Å². The van der Waals surface area contributed by atoms with Crippen LogP contribution in [0.3, 0.4) is 0 Å². The predicted octanol–water partition coefficient (Wildman–Crippen LogP) is 3.54. The molecule has 0 spiro atoms. The number of amides is 1. The van der Waals surface area contributed by atoms with Gasteiger partial charge >= 0.3 is 0 Å². The van der Waals surface area contributed by atoms with Gasteiger partial charge in [0, 0.05) is 18.5 Å². The number of rotatable bonds is 9. The molecule has 0 saturated carbocycles. The fourth-order valence-electron chi connectivity index (χ4n) is 3.18. The zero-order valence-electron chi connectivity index (χ0n) is 17.8. The second-order valence-electron chi connectivity index (χ2n) is 7.09. The molecule has 2 aromatic heterocycles. The Morgan fingerprint density at radius 3 is 2.67 bits per heavy atom. The second kappa shape index (κ2) is 10.2. The largest absolute Gasteiger partial charge is 0.383 e. The zero-order valence-corrected chi connectivity index (χ0v) is 19.4. The Morgan fingerprint density at radius 1 is 1.27 bits per heavy atom. The van der Waals surface area contributed by atoms with E-state index in [4.69, 9.17) is 9.72 Å². The van der Waals surface area contributed by atoms with E-state index in [1.54, 1.807) is 23.0 Å². The van der Waals surface area contributed by atoms with Crippen LogP contribution in [-0.4, -0.2) is 41.5 Å². The van der Waals surface area contributed by atoms with Gasteiger partial charge in [-0.1, -0.05) is 48.5 Å². The lowest BCUT2D eigenvalue weighted by Gasteiger charge is -2.13. The van der Waals surface area contributed by atoms with Crippen LogP contribution >= 0.6 is 23.1 Å². The standard InChI is InChI=1S/C22H27N3O3S2/c1-5-17-15(3)19-20(30-17)24-22(29-13-18(26)23-10-11-28-4)25(21(19)27)12-16-8-6-14(2)7-9-16/h6-9H,5,10-13H2,1-4H3,(H,23,26). The highest BCUT2D eigenvalue weighted by Crippen LogP contribution is 2.29. The van der Waals surface area contributed by atoms with Crippen molar-refractivity contribution in [3.8, 4) is 0 Å². The molecule has 160 valence electrons. The zero-order chi connectivity index (χ0) is 21.7. The number of methoxy groups -OCH3 is 1. The Morgan fingerprint density at radius 2 is 2.00 bits per heavy atom. The number of fused-ring (bicyclic) bond motifs is 1. The maximum Gasteiger partial charge on any atom is 0.263 e. The number of aromatic nitrogens is 2. The highest BCUT2D eigenvalue weighted by atomic mass is 32.2. The maximum absolute atomic E-state index is 13.4. The van der Waals surface area contributed by atoms with Crippen LogP contribution in [0.5, 0.6) is 0 Å². The fourth-order valence-corrected chi connectivity index (χ4v) is 5.17. The number of thioether (sulfide) groups is 1. The molecular formula is C22H27N3O3S2. The Bertz CT molecular complexity index is 1090. The molecule has 30 heavy (non-hydrogen) atoms. The number of carbonyl (C=O) groups excluding carboxylic acids is 1. The summed E-state index contributed by atoms with van der Waals surface area (Å²) in [6.07, 6.45) is 0.870. The number of carbonyl (C=O) groups is 1. The van der Waals surface area contributed by atoms with Crippen molar-refractivity contribution in [3.05, 3.63) is 56.2 Å². The molecular weight excluding hydrogens is 418 g/mol. The first-order valence-corrected chi connectivity index (χ1v) is 11.7. The lowest BCUT2D eigenvalue weighted by atomic mass is 10.1. The van der Waals surface area contributed by atoms with Crippen molar-refractivity contribution in [2.75, 3.05) is 26.0 Å². The number of hydrogen-bond donors (Lipinski definition) is 1. The molecule has 0 radical (unpaired) electrons. The summed E-state index contributed by atoms with van der Waals surface area (Å²) in [5.41, 5.74) is 3.17. The van der Waals surface area contributed by atoms with E-state index in [9.17, 15) is 9.59 Å². The topological polar surface area (TPSA) is 73.2 Å². The predicted molar refractivity (Wildman–Crippen MR) is 124 cm³/mol. The summed E-state index contributed by atoms with van der Waals surface area (Å²) < 4.78 is 6.65. The quantitative estimate of drug-likeness (QED) is 0.310. The van der Waals surface area contributed by atoms with Crippen LogP contribution in [0.25, 0.3) is 10.2 Å². The van der Waals surface area contributed by atoms with Crippen molar-refractivity contribution in [2.24, 2.45) is 0 Å². The van der Waals surface area contributed by atoms with E-state index in [0.29, 0.717) is 30.2 Å². The average molecular weight is 446 g/mol. The van der Waals surface area contributed by atoms with Crippen molar-refractivity contribution in [2.45, 2.75) is 38.9 Å². The van der Waals surface area contributed by atoms with E-state index < -0.39 is 0 Å². The molecule has 0 aliphatic carbocycles. The van der Waals surface area contributed by atoms with Crippen molar-refractivity contribution in [1.82, 2.24) is 14.9 Å². The van der Waals surface area contributed by atoms with Crippen LogP contribution in [0.1, 0.15) is 28.5 Å². The highest BCUT2D eigenvalue weighted by molar-refractivity contribution is 7.99. The van der Waals surface area contributed by atoms with E-state index in [0.717, 1.165) is 22.4 Å². The summed E-state index contributed by atoms with van der Waals surface area (Å²) >= 11 is 2.86. The Hall–Kier alpha value is -2.16. The molecule has 2 heterocycles. The molecule has 3 rings (SSSR count). The maximum atomic E-state index is 13.4. The number of benzene rings is 1. The molecule has 1 amide bonds. The van der Waals surface area contributed by atoms with Gasteiger partial charge in [-0.3, -0.25) is 14.2 Å². The Kier molecular flexibility index (Phi) is 7.69. The molecule has 0 unspecified atom stereocenters. The van der Waals surface area contributed by atoms with Gasteiger partial charge in [0.1, 0.15) is 4.83 Å². The molecule has 0 aliphatic heterocycles. The molecule has 1 aromatic carbocycles. The van der Waals surface area contributed by atoms with Gasteiger partial charge in [-0.05, 0) is 31.4 Å². The van der Waals surface area contributed by atoms with E-state index in [1.165, 1.54) is 22.2 Å². The van der Waals surface area contributed by atoms with E-state index in [2.05, 4.69) is 12.2 Å². The third-order valence-electron chi connectivity index (χ3n) is 4.86. The van der Waals surface area contributed by atoms with Gasteiger partial charge in [0.15, 0.2) is 5.16 Å². The van der Waals surface area contributed by atoms with Gasteiger partial charge in [0.2, 0.25) is 5.91 Å². The van der Waals surface area contributed by atoms with Gasteiger partial charge in [-0.25, -0.2) is 4.98 Å². The van der Waals surface area contributed by atoms with Crippen molar-refractivity contribution >= 4 is 39.2 Å². The molecule has 3 aromatic rings. The van der Waals surface area contributed by atoms with Crippen LogP contribution in [0.2, 0.25) is 0 Å². The SMILES string of the molecule is CCc1sc2nc(SCC(=O)NCCOC)n(Cc3ccc(C)cc3)c(=O)c2c1C. The second-order valence-corrected chi connectivity index (χ2v) is 9.11. The molecule has 0 atom stereocenters. The smallest absolute Gasteiger partial charge is 0.263 e. The molecule has 6 nitrogen and oxygen atoms in total. The van der Waals surface area contributed by atoms with E-state index >= 15 is 0 Å². The molecule has 8 heteroatoms. The van der Waals surface area contributed by atoms with Gasteiger partial charge in [-0.15, -0.1) is 11.3 Å². The number of nitrogens with one attached hydrogen (secondary N) is 1. The third kappa shape index (κ3) is 5.11. The van der Waals surface area contributed by atoms with Crippen molar-refractivity contribution in [1.29, 1.82) is 0 Å². The number of nitrogens with zero attached hydrogens (tertiary/aromatic N) is 2. The molecule has 1 N–H and O–H groups in total. The summed E-state index contributed by atoms with van der Waals surface area (Å²) in [5, 5.41) is 4.07. The lowest BCUT2D eigenvalue weighted by molar-refractivity contribution is -0.118. The van der Waals surface area contributed by atoms with Gasteiger partial charge in [-0.2, -0.15) is 0 Å². The minimum absolute atomic E-state index is 0.0451. The summed E-state index contributed by atoms with van der Waals surface area (Å²) in [6, 6.07) is 8.12. The van der Waals surface area contributed by atoms with Crippen molar-refractivity contribution in [3.63, 3.8) is 0 Å². The summed E-state index contributed by atoms with van der Waals surface area (Å²) in [6.45, 7) is 7.46. The minimum Gasteiger partial charge on any atom is -0.383 e.